The largest absolute Gasteiger partial charge is 0.453 e. The van der Waals surface area contributed by atoms with Crippen LogP contribution in [0.4, 0.5) is 4.39 Å². The molecule has 0 aliphatic heterocycles. The average Bonchev–Trinajstić information content (AvgIpc) is 3.11. The first-order valence-electron chi connectivity index (χ1n) is 9.07. The zero-order chi connectivity index (χ0) is 17.8. The predicted molar refractivity (Wildman–Crippen MR) is 93.8 cm³/mol. The van der Waals surface area contributed by atoms with Gasteiger partial charge in [0.05, 0.1) is 5.60 Å². The highest BCUT2D eigenvalue weighted by molar-refractivity contribution is 5.55. The number of nitrogens with zero attached hydrogens (tertiary/aromatic N) is 3. The van der Waals surface area contributed by atoms with E-state index >= 15 is 0 Å². The van der Waals surface area contributed by atoms with Crippen LogP contribution in [0.1, 0.15) is 44.3 Å². The fraction of sp³-hybridized carbons (Fsp3) is 0.400. The highest BCUT2D eigenvalue weighted by Crippen LogP contribution is 2.53. The van der Waals surface area contributed by atoms with Crippen LogP contribution in [-0.2, 0) is 5.41 Å². The second-order valence-corrected chi connectivity index (χ2v) is 7.65. The molecule has 5 nitrogen and oxygen atoms in total. The molecular weight excluding hydrogens is 333 g/mol. The minimum Gasteiger partial charge on any atom is -0.453 e. The first-order valence-corrected chi connectivity index (χ1v) is 9.07. The molecule has 6 rings (SSSR count). The van der Waals surface area contributed by atoms with Crippen LogP contribution in [0.15, 0.2) is 42.6 Å². The van der Waals surface area contributed by atoms with E-state index in [1.807, 2.05) is 22.7 Å². The van der Waals surface area contributed by atoms with Gasteiger partial charge in [-0.15, -0.1) is 10.2 Å². The number of ether oxygens (including phenoxy) is 1. The van der Waals surface area contributed by atoms with Gasteiger partial charge in [-0.25, -0.2) is 4.39 Å². The lowest BCUT2D eigenvalue weighted by atomic mass is 9.58. The minimum atomic E-state index is -0.473. The van der Waals surface area contributed by atoms with Crippen molar-refractivity contribution in [2.45, 2.75) is 49.5 Å². The Morgan fingerprint density at radius 2 is 1.65 bits per heavy atom. The topological polar surface area (TPSA) is 59.7 Å². The summed E-state index contributed by atoms with van der Waals surface area (Å²) >= 11 is 0. The van der Waals surface area contributed by atoms with Gasteiger partial charge in [-0.05, 0) is 74.9 Å². The van der Waals surface area contributed by atoms with Crippen molar-refractivity contribution >= 4 is 5.65 Å². The lowest BCUT2D eigenvalue weighted by molar-refractivity contribution is -0.0682. The molecule has 2 aromatic heterocycles. The van der Waals surface area contributed by atoms with Gasteiger partial charge in [0, 0.05) is 11.6 Å². The second kappa shape index (κ2) is 5.51. The molecule has 3 aliphatic rings. The molecule has 0 unspecified atom stereocenters. The summed E-state index contributed by atoms with van der Waals surface area (Å²) in [7, 11) is 0. The van der Waals surface area contributed by atoms with Gasteiger partial charge < -0.3 is 9.84 Å². The normalized spacial score (nSPS) is 27.8. The molecule has 2 bridgehead atoms. The Kier molecular flexibility index (Phi) is 3.34. The summed E-state index contributed by atoms with van der Waals surface area (Å²) in [4.78, 5) is 0. The minimum absolute atomic E-state index is 0.0155. The molecule has 6 heteroatoms. The van der Waals surface area contributed by atoms with Crippen molar-refractivity contribution in [1.82, 2.24) is 14.6 Å². The van der Waals surface area contributed by atoms with Crippen LogP contribution in [0.25, 0.3) is 5.65 Å². The molecule has 3 fully saturated rings. The van der Waals surface area contributed by atoms with E-state index in [0.29, 0.717) is 17.1 Å². The number of aliphatic hydroxyl groups is 1. The maximum Gasteiger partial charge on any atom is 0.203 e. The first kappa shape index (κ1) is 15.8. The van der Waals surface area contributed by atoms with Crippen molar-refractivity contribution in [2.24, 2.45) is 0 Å². The number of halogens is 1. The molecule has 134 valence electrons. The SMILES string of the molecule is OC12CCC(c3nnc4c(Oc5ccc(F)cc5)cccn34)(CC1)CC2. The summed E-state index contributed by atoms with van der Waals surface area (Å²) in [6.07, 6.45) is 7.26. The highest BCUT2D eigenvalue weighted by atomic mass is 19.1. The molecule has 0 saturated heterocycles. The van der Waals surface area contributed by atoms with Crippen molar-refractivity contribution in [3.8, 4) is 11.5 Å². The van der Waals surface area contributed by atoms with E-state index in [1.165, 1.54) is 12.1 Å². The van der Waals surface area contributed by atoms with Crippen LogP contribution in [0.2, 0.25) is 0 Å². The standard InChI is InChI=1S/C20H20FN3O2/c21-14-3-5-15(6-4-14)26-16-2-1-13-24-17(16)22-23-18(24)19-7-10-20(25,11-8-19)12-9-19/h1-6,13,25H,7-12H2. The summed E-state index contributed by atoms with van der Waals surface area (Å²) in [5, 5.41) is 19.4. The van der Waals surface area contributed by atoms with Gasteiger partial charge in [0.2, 0.25) is 5.65 Å². The average molecular weight is 353 g/mol. The van der Waals surface area contributed by atoms with Crippen molar-refractivity contribution in [3.63, 3.8) is 0 Å². The van der Waals surface area contributed by atoms with Crippen LogP contribution in [0, 0.1) is 5.82 Å². The van der Waals surface area contributed by atoms with Crippen LogP contribution in [-0.4, -0.2) is 25.3 Å². The van der Waals surface area contributed by atoms with E-state index in [-0.39, 0.29) is 11.2 Å². The molecule has 2 heterocycles. The molecule has 3 aromatic rings. The molecule has 0 atom stereocenters. The molecule has 1 N–H and O–H groups in total. The van der Waals surface area contributed by atoms with Crippen molar-refractivity contribution in [1.29, 1.82) is 0 Å². The Morgan fingerprint density at radius 3 is 2.35 bits per heavy atom. The van der Waals surface area contributed by atoms with Crippen molar-refractivity contribution < 1.29 is 14.2 Å². The third kappa shape index (κ3) is 2.40. The molecule has 1 aromatic carbocycles. The molecule has 3 saturated carbocycles. The number of hydrogen-bond acceptors (Lipinski definition) is 4. The van der Waals surface area contributed by atoms with E-state index in [9.17, 15) is 9.50 Å². The molecule has 0 amide bonds. The van der Waals surface area contributed by atoms with Crippen molar-refractivity contribution in [2.75, 3.05) is 0 Å². The lowest BCUT2D eigenvalue weighted by Gasteiger charge is -2.49. The van der Waals surface area contributed by atoms with Crippen LogP contribution in [0.3, 0.4) is 0 Å². The van der Waals surface area contributed by atoms with Gasteiger partial charge in [-0.1, -0.05) is 0 Å². The van der Waals surface area contributed by atoms with Gasteiger partial charge in [0.1, 0.15) is 17.4 Å². The monoisotopic (exact) mass is 353 g/mol. The van der Waals surface area contributed by atoms with Crippen LogP contribution < -0.4 is 4.74 Å². The Bertz CT molecular complexity index is 942. The third-order valence-electron chi connectivity index (χ3n) is 6.12. The van der Waals surface area contributed by atoms with Crippen LogP contribution in [0.5, 0.6) is 11.5 Å². The Balaban J connectivity index is 1.53. The molecule has 3 aliphatic carbocycles. The van der Waals surface area contributed by atoms with Gasteiger partial charge in [0.25, 0.3) is 0 Å². The number of benzene rings is 1. The lowest BCUT2D eigenvalue weighted by Crippen LogP contribution is -2.48. The van der Waals surface area contributed by atoms with E-state index < -0.39 is 5.60 Å². The van der Waals surface area contributed by atoms with Crippen molar-refractivity contribution in [3.05, 3.63) is 54.2 Å². The number of rotatable bonds is 3. The van der Waals surface area contributed by atoms with Gasteiger partial charge >= 0.3 is 0 Å². The fourth-order valence-corrected chi connectivity index (χ4v) is 4.46. The van der Waals surface area contributed by atoms with E-state index in [2.05, 4.69) is 10.2 Å². The maximum atomic E-state index is 13.1. The summed E-state index contributed by atoms with van der Waals surface area (Å²) in [5.41, 5.74) is 0.171. The first-order chi connectivity index (χ1) is 12.6. The fourth-order valence-electron chi connectivity index (χ4n) is 4.46. The summed E-state index contributed by atoms with van der Waals surface area (Å²) in [5.74, 6) is 1.81. The van der Waals surface area contributed by atoms with E-state index in [1.54, 1.807) is 12.1 Å². The van der Waals surface area contributed by atoms with E-state index in [4.69, 9.17) is 4.74 Å². The molecule has 0 radical (unpaired) electrons. The molecule has 26 heavy (non-hydrogen) atoms. The number of fused-ring (bicyclic) bond motifs is 4. The quantitative estimate of drug-likeness (QED) is 0.773. The zero-order valence-electron chi connectivity index (χ0n) is 14.4. The van der Waals surface area contributed by atoms with E-state index in [0.717, 1.165) is 44.3 Å². The molecule has 0 spiro atoms. The Labute approximate surface area is 150 Å². The number of aromatic nitrogens is 3. The zero-order valence-corrected chi connectivity index (χ0v) is 14.4. The Hall–Kier alpha value is -2.47. The van der Waals surface area contributed by atoms with Crippen LogP contribution >= 0.6 is 0 Å². The summed E-state index contributed by atoms with van der Waals surface area (Å²) in [6, 6.07) is 9.69. The maximum absolute atomic E-state index is 13.1. The number of pyridine rings is 1. The summed E-state index contributed by atoms with van der Waals surface area (Å²) in [6.45, 7) is 0. The predicted octanol–water partition coefficient (Wildman–Crippen LogP) is 4.00. The molecular formula is C20H20FN3O2. The number of hydrogen-bond donors (Lipinski definition) is 1. The van der Waals surface area contributed by atoms with Gasteiger partial charge in [-0.3, -0.25) is 4.40 Å². The second-order valence-electron chi connectivity index (χ2n) is 7.65. The van der Waals surface area contributed by atoms with Gasteiger partial charge in [0.15, 0.2) is 5.75 Å². The Morgan fingerprint density at radius 1 is 0.962 bits per heavy atom. The smallest absolute Gasteiger partial charge is 0.203 e. The summed E-state index contributed by atoms with van der Waals surface area (Å²) < 4.78 is 21.0. The van der Waals surface area contributed by atoms with Gasteiger partial charge in [-0.2, -0.15) is 0 Å². The highest BCUT2D eigenvalue weighted by Gasteiger charge is 2.50. The third-order valence-corrected chi connectivity index (χ3v) is 6.12.